The molecule has 0 radical (unpaired) electrons. The van der Waals surface area contributed by atoms with Gasteiger partial charge in [-0.05, 0) is 35.2 Å². The van der Waals surface area contributed by atoms with E-state index in [1.165, 1.54) is 43.7 Å². The summed E-state index contributed by atoms with van der Waals surface area (Å²) in [5, 5.41) is 11.2. The molecule has 1 amide bonds. The first-order chi connectivity index (χ1) is 16.6. The van der Waals surface area contributed by atoms with E-state index in [4.69, 9.17) is 0 Å². The number of nitrogens with one attached hydrogen (secondary N) is 2. The van der Waals surface area contributed by atoms with Crippen molar-refractivity contribution in [1.82, 2.24) is 24.8 Å². The third-order valence-corrected chi connectivity index (χ3v) is 5.91. The minimum absolute atomic E-state index is 0.0693. The van der Waals surface area contributed by atoms with Gasteiger partial charge in [0.1, 0.15) is 5.65 Å². The van der Waals surface area contributed by atoms with Crippen molar-refractivity contribution in [3.63, 3.8) is 0 Å². The van der Waals surface area contributed by atoms with E-state index in [0.29, 0.717) is 11.1 Å². The molecule has 0 spiro atoms. The molecule has 0 aliphatic heterocycles. The third kappa shape index (κ3) is 3.91. The summed E-state index contributed by atoms with van der Waals surface area (Å²) >= 11 is 0. The predicted octanol–water partition coefficient (Wildman–Crippen LogP) is 4.91. The molecule has 4 heterocycles. The summed E-state index contributed by atoms with van der Waals surface area (Å²) in [5.41, 5.74) is 1.02. The SMILES string of the molecule is CN(C)C(=O)C(O)c1cncc(-c2cnc3[nH]cc(-c4ccc5[nH]ccc5c4)c3c2C(F)(F)F)c1. The van der Waals surface area contributed by atoms with Crippen molar-refractivity contribution in [1.29, 1.82) is 0 Å². The van der Waals surface area contributed by atoms with Gasteiger partial charge in [0.25, 0.3) is 5.91 Å². The van der Waals surface area contributed by atoms with Gasteiger partial charge in [-0.25, -0.2) is 4.98 Å². The number of hydrogen-bond acceptors (Lipinski definition) is 4. The maximum atomic E-state index is 14.6. The molecule has 0 bridgehead atoms. The van der Waals surface area contributed by atoms with Gasteiger partial charge in [-0.1, -0.05) is 6.07 Å². The molecule has 0 saturated carbocycles. The highest BCUT2D eigenvalue weighted by Gasteiger charge is 2.38. The molecule has 1 atom stereocenters. The number of carbonyl (C=O) groups excluding carboxylic acids is 1. The van der Waals surface area contributed by atoms with Crippen molar-refractivity contribution in [3.05, 3.63) is 72.4 Å². The molecule has 10 heteroatoms. The molecule has 7 nitrogen and oxygen atoms in total. The highest BCUT2D eigenvalue weighted by Crippen LogP contribution is 2.44. The Morgan fingerprint density at radius 2 is 1.83 bits per heavy atom. The zero-order valence-corrected chi connectivity index (χ0v) is 18.7. The van der Waals surface area contributed by atoms with Crippen LogP contribution in [0.25, 0.3) is 44.2 Å². The highest BCUT2D eigenvalue weighted by molar-refractivity contribution is 6.01. The van der Waals surface area contributed by atoms with Gasteiger partial charge in [0.2, 0.25) is 0 Å². The Kier molecular flexibility index (Phi) is 5.32. The van der Waals surface area contributed by atoms with E-state index in [9.17, 15) is 23.1 Å². The number of hydrogen-bond donors (Lipinski definition) is 3. The topological polar surface area (TPSA) is 97.9 Å². The number of aliphatic hydroxyl groups excluding tert-OH is 1. The fourth-order valence-corrected chi connectivity index (χ4v) is 4.20. The number of aromatic nitrogens is 4. The maximum Gasteiger partial charge on any atom is 0.417 e. The Labute approximate surface area is 197 Å². The highest BCUT2D eigenvalue weighted by atomic mass is 19.4. The number of nitrogens with zero attached hydrogens (tertiary/aromatic N) is 3. The number of amides is 1. The summed E-state index contributed by atoms with van der Waals surface area (Å²) in [5.74, 6) is -0.610. The maximum absolute atomic E-state index is 14.6. The lowest BCUT2D eigenvalue weighted by atomic mass is 9.94. The number of halogens is 3. The lowest BCUT2D eigenvalue weighted by Crippen LogP contribution is -2.28. The quantitative estimate of drug-likeness (QED) is 0.341. The summed E-state index contributed by atoms with van der Waals surface area (Å²) < 4.78 is 43.7. The van der Waals surface area contributed by atoms with Crippen molar-refractivity contribution in [2.75, 3.05) is 14.1 Å². The number of carbonyl (C=O) groups is 1. The first kappa shape index (κ1) is 22.6. The van der Waals surface area contributed by atoms with E-state index in [0.717, 1.165) is 17.1 Å². The molecule has 178 valence electrons. The molecule has 1 aromatic carbocycles. The normalized spacial score (nSPS) is 12.9. The number of rotatable bonds is 4. The summed E-state index contributed by atoms with van der Waals surface area (Å²) in [4.78, 5) is 27.5. The average molecular weight is 479 g/mol. The monoisotopic (exact) mass is 479 g/mol. The molecular formula is C25H20F3N5O2. The van der Waals surface area contributed by atoms with Gasteiger partial charge in [0.05, 0.1) is 5.56 Å². The number of H-pyrrole nitrogens is 2. The van der Waals surface area contributed by atoms with Crippen molar-refractivity contribution in [2.24, 2.45) is 0 Å². The third-order valence-electron chi connectivity index (χ3n) is 5.91. The average Bonchev–Trinajstić information content (AvgIpc) is 3.48. The molecule has 0 saturated heterocycles. The van der Waals surface area contributed by atoms with Gasteiger partial charge in [0.15, 0.2) is 6.10 Å². The van der Waals surface area contributed by atoms with Crippen LogP contribution in [-0.2, 0) is 11.0 Å². The lowest BCUT2D eigenvalue weighted by Gasteiger charge is -2.18. The van der Waals surface area contributed by atoms with Gasteiger partial charge in [-0.3, -0.25) is 9.78 Å². The molecule has 35 heavy (non-hydrogen) atoms. The second-order valence-electron chi connectivity index (χ2n) is 8.39. The second-order valence-corrected chi connectivity index (χ2v) is 8.39. The van der Waals surface area contributed by atoms with Crippen molar-refractivity contribution < 1.29 is 23.1 Å². The van der Waals surface area contributed by atoms with Crippen LogP contribution in [0.4, 0.5) is 13.2 Å². The van der Waals surface area contributed by atoms with Gasteiger partial charge < -0.3 is 20.0 Å². The largest absolute Gasteiger partial charge is 0.417 e. The standard InChI is InChI=1S/C25H20F3N5O2/c1-33(2)24(35)22(34)16-8-15(9-29-10-16)18-12-32-23-20(21(18)25(26,27)28)17(11-31-23)13-3-4-19-14(7-13)5-6-30-19/h3-12,22,30,34H,1-2H3,(H,31,32). The first-order valence-corrected chi connectivity index (χ1v) is 10.6. The van der Waals surface area contributed by atoms with Crippen molar-refractivity contribution in [2.45, 2.75) is 12.3 Å². The summed E-state index contributed by atoms with van der Waals surface area (Å²) in [6, 6.07) is 8.55. The van der Waals surface area contributed by atoms with Crippen LogP contribution in [0.1, 0.15) is 17.2 Å². The van der Waals surface area contributed by atoms with Crippen LogP contribution in [0.15, 0.2) is 61.3 Å². The summed E-state index contributed by atoms with van der Waals surface area (Å²) in [6.45, 7) is 0. The fraction of sp³-hybridized carbons (Fsp3) is 0.160. The predicted molar refractivity (Wildman–Crippen MR) is 125 cm³/mol. The Bertz CT molecular complexity index is 1570. The Hall–Kier alpha value is -4.18. The molecule has 5 rings (SSSR count). The van der Waals surface area contributed by atoms with Gasteiger partial charge in [-0.15, -0.1) is 0 Å². The number of pyridine rings is 2. The van der Waals surface area contributed by atoms with Crippen LogP contribution in [-0.4, -0.2) is 49.9 Å². The van der Waals surface area contributed by atoms with E-state index in [2.05, 4.69) is 19.9 Å². The molecule has 0 fully saturated rings. The number of benzene rings is 1. The fourth-order valence-electron chi connectivity index (χ4n) is 4.20. The van der Waals surface area contributed by atoms with Crippen LogP contribution in [0, 0.1) is 0 Å². The van der Waals surface area contributed by atoms with Gasteiger partial charge in [-0.2, -0.15) is 13.2 Å². The zero-order valence-electron chi connectivity index (χ0n) is 18.7. The molecule has 1 unspecified atom stereocenters. The van der Waals surface area contributed by atoms with Crippen LogP contribution in [0.5, 0.6) is 0 Å². The van der Waals surface area contributed by atoms with Gasteiger partial charge >= 0.3 is 6.18 Å². The van der Waals surface area contributed by atoms with E-state index in [1.807, 2.05) is 18.2 Å². The molecule has 0 aliphatic rings. The van der Waals surface area contributed by atoms with Crippen LogP contribution >= 0.6 is 0 Å². The summed E-state index contributed by atoms with van der Waals surface area (Å²) in [7, 11) is 2.95. The second kappa shape index (κ2) is 8.24. The number of aliphatic hydroxyl groups is 1. The number of likely N-dealkylation sites (N-methyl/N-ethyl adjacent to an activating group) is 1. The van der Waals surface area contributed by atoms with E-state index in [-0.39, 0.29) is 27.7 Å². The van der Waals surface area contributed by atoms with Crippen LogP contribution in [0.2, 0.25) is 0 Å². The van der Waals surface area contributed by atoms with Crippen LogP contribution < -0.4 is 0 Å². The zero-order chi connectivity index (χ0) is 24.9. The molecule has 0 aliphatic carbocycles. The number of alkyl halides is 3. The number of fused-ring (bicyclic) bond motifs is 2. The minimum Gasteiger partial charge on any atom is -0.378 e. The summed E-state index contributed by atoms with van der Waals surface area (Å²) in [6.07, 6.45) is 0.634. The molecule has 3 N–H and O–H groups in total. The molecule has 4 aromatic heterocycles. The molecule has 5 aromatic rings. The Morgan fingerprint density at radius 3 is 2.57 bits per heavy atom. The lowest BCUT2D eigenvalue weighted by molar-refractivity contribution is -0.138. The van der Waals surface area contributed by atoms with Crippen molar-refractivity contribution in [3.8, 4) is 22.3 Å². The van der Waals surface area contributed by atoms with Crippen LogP contribution in [0.3, 0.4) is 0 Å². The van der Waals surface area contributed by atoms with Gasteiger partial charge in [0, 0.05) is 78.2 Å². The first-order valence-electron chi connectivity index (χ1n) is 10.6. The van der Waals surface area contributed by atoms with E-state index >= 15 is 0 Å². The Morgan fingerprint density at radius 1 is 1.03 bits per heavy atom. The number of aromatic amines is 2. The van der Waals surface area contributed by atoms with E-state index < -0.39 is 23.8 Å². The van der Waals surface area contributed by atoms with E-state index in [1.54, 1.807) is 12.3 Å². The smallest absolute Gasteiger partial charge is 0.378 e. The minimum atomic E-state index is -4.72. The van der Waals surface area contributed by atoms with Crippen molar-refractivity contribution >= 4 is 27.8 Å². The Balaban J connectivity index is 1.72. The molecular weight excluding hydrogens is 459 g/mol.